The summed E-state index contributed by atoms with van der Waals surface area (Å²) in [4.78, 5) is -0.195. The van der Waals surface area contributed by atoms with Gasteiger partial charge in [0, 0.05) is 0 Å². The van der Waals surface area contributed by atoms with Crippen molar-refractivity contribution in [1.82, 2.24) is 0 Å². The fourth-order valence-corrected chi connectivity index (χ4v) is 1.84. The SMILES string of the molecule is CS(=O)(=O)Nc1cccc(F)c1C(N)=S. The van der Waals surface area contributed by atoms with Gasteiger partial charge in [-0.05, 0) is 12.1 Å². The fraction of sp³-hybridized carbons (Fsp3) is 0.125. The standard InChI is InChI=1S/C8H9FN2O2S2/c1-15(12,13)11-6-4-2-3-5(9)7(6)8(10)14/h2-4,11H,1H3,(H2,10,14). The molecule has 0 heterocycles. The molecule has 0 aliphatic heterocycles. The molecule has 3 N–H and O–H groups in total. The molecule has 0 unspecified atom stereocenters. The lowest BCUT2D eigenvalue weighted by Gasteiger charge is -2.09. The van der Waals surface area contributed by atoms with Crippen molar-refractivity contribution in [2.45, 2.75) is 0 Å². The minimum absolute atomic E-state index is 0.0463. The number of hydrogen-bond donors (Lipinski definition) is 2. The number of hydrogen-bond acceptors (Lipinski definition) is 3. The van der Waals surface area contributed by atoms with E-state index in [2.05, 4.69) is 16.9 Å². The van der Waals surface area contributed by atoms with Crippen molar-refractivity contribution in [3.63, 3.8) is 0 Å². The van der Waals surface area contributed by atoms with Gasteiger partial charge in [0.05, 0.1) is 17.5 Å². The van der Waals surface area contributed by atoms with Gasteiger partial charge in [-0.15, -0.1) is 0 Å². The molecule has 4 nitrogen and oxygen atoms in total. The third kappa shape index (κ3) is 3.14. The maximum absolute atomic E-state index is 13.3. The highest BCUT2D eigenvalue weighted by Gasteiger charge is 2.13. The molecule has 1 aromatic rings. The second-order valence-corrected chi connectivity index (χ2v) is 5.09. The number of rotatable bonds is 3. The predicted octanol–water partition coefficient (Wildman–Crippen LogP) is 0.831. The van der Waals surface area contributed by atoms with E-state index in [1.807, 2.05) is 0 Å². The number of benzene rings is 1. The average Bonchev–Trinajstić information content (AvgIpc) is 1.99. The molecule has 0 saturated heterocycles. The Labute approximate surface area is 92.3 Å². The van der Waals surface area contributed by atoms with Crippen LogP contribution in [-0.4, -0.2) is 19.7 Å². The summed E-state index contributed by atoms with van der Waals surface area (Å²) in [6.45, 7) is 0. The van der Waals surface area contributed by atoms with Crippen molar-refractivity contribution in [3.05, 3.63) is 29.6 Å². The summed E-state index contributed by atoms with van der Waals surface area (Å²) < 4.78 is 37.3. The lowest BCUT2D eigenvalue weighted by molar-refractivity contribution is 0.606. The van der Waals surface area contributed by atoms with Crippen LogP contribution in [0.15, 0.2) is 18.2 Å². The van der Waals surface area contributed by atoms with E-state index < -0.39 is 15.8 Å². The van der Waals surface area contributed by atoms with Gasteiger partial charge in [-0.1, -0.05) is 18.3 Å². The molecule has 1 aromatic carbocycles. The first-order valence-electron chi connectivity index (χ1n) is 3.87. The molecule has 0 saturated carbocycles. The van der Waals surface area contributed by atoms with Crippen molar-refractivity contribution >= 4 is 32.9 Å². The van der Waals surface area contributed by atoms with E-state index in [1.54, 1.807) is 0 Å². The van der Waals surface area contributed by atoms with Crippen LogP contribution in [0.2, 0.25) is 0 Å². The number of nitrogens with two attached hydrogens (primary N) is 1. The van der Waals surface area contributed by atoms with E-state index in [-0.39, 0.29) is 16.2 Å². The molecule has 15 heavy (non-hydrogen) atoms. The van der Waals surface area contributed by atoms with E-state index in [1.165, 1.54) is 12.1 Å². The zero-order valence-corrected chi connectivity index (χ0v) is 9.45. The van der Waals surface area contributed by atoms with Crippen molar-refractivity contribution in [3.8, 4) is 0 Å². The van der Waals surface area contributed by atoms with Crippen LogP contribution in [0.4, 0.5) is 10.1 Å². The number of thiocarbonyl (C=S) groups is 1. The highest BCUT2D eigenvalue weighted by atomic mass is 32.2. The average molecular weight is 248 g/mol. The summed E-state index contributed by atoms with van der Waals surface area (Å²) >= 11 is 4.63. The van der Waals surface area contributed by atoms with Gasteiger partial charge in [0.25, 0.3) is 0 Å². The Morgan fingerprint density at radius 3 is 2.60 bits per heavy atom. The van der Waals surface area contributed by atoms with Crippen molar-refractivity contribution in [1.29, 1.82) is 0 Å². The lowest BCUT2D eigenvalue weighted by Crippen LogP contribution is -2.18. The van der Waals surface area contributed by atoms with Crippen LogP contribution in [0.3, 0.4) is 0 Å². The van der Waals surface area contributed by atoms with Gasteiger partial charge >= 0.3 is 0 Å². The lowest BCUT2D eigenvalue weighted by atomic mass is 10.2. The highest BCUT2D eigenvalue weighted by Crippen LogP contribution is 2.19. The minimum atomic E-state index is -3.48. The van der Waals surface area contributed by atoms with Crippen LogP contribution in [0.25, 0.3) is 0 Å². The van der Waals surface area contributed by atoms with Gasteiger partial charge < -0.3 is 5.73 Å². The summed E-state index contributed by atoms with van der Waals surface area (Å²) in [5.74, 6) is -0.656. The van der Waals surface area contributed by atoms with Crippen LogP contribution >= 0.6 is 12.2 Å². The van der Waals surface area contributed by atoms with E-state index in [0.717, 1.165) is 12.3 Å². The topological polar surface area (TPSA) is 72.2 Å². The molecule has 0 fully saturated rings. The molecule has 1 rings (SSSR count). The third-order valence-corrected chi connectivity index (χ3v) is 2.35. The Bertz CT molecular complexity index is 499. The fourth-order valence-electron chi connectivity index (χ4n) is 1.06. The Morgan fingerprint density at radius 1 is 1.53 bits per heavy atom. The normalized spacial score (nSPS) is 11.1. The van der Waals surface area contributed by atoms with Gasteiger partial charge in [0.2, 0.25) is 10.0 Å². The Kier molecular flexibility index (Phi) is 3.25. The summed E-state index contributed by atoms with van der Waals surface area (Å²) in [6, 6.07) is 3.91. The van der Waals surface area contributed by atoms with Crippen LogP contribution in [0, 0.1) is 5.82 Å². The van der Waals surface area contributed by atoms with Crippen molar-refractivity contribution in [2.24, 2.45) is 5.73 Å². The predicted molar refractivity (Wildman–Crippen MR) is 60.8 cm³/mol. The van der Waals surface area contributed by atoms with Gasteiger partial charge in [0.1, 0.15) is 10.8 Å². The van der Waals surface area contributed by atoms with E-state index in [9.17, 15) is 12.8 Å². The molecule has 0 aliphatic carbocycles. The van der Waals surface area contributed by atoms with Gasteiger partial charge in [-0.3, -0.25) is 4.72 Å². The minimum Gasteiger partial charge on any atom is -0.389 e. The van der Waals surface area contributed by atoms with Gasteiger partial charge in [0.15, 0.2) is 0 Å². The van der Waals surface area contributed by atoms with Gasteiger partial charge in [-0.25, -0.2) is 12.8 Å². The number of anilines is 1. The third-order valence-electron chi connectivity index (χ3n) is 1.56. The maximum Gasteiger partial charge on any atom is 0.229 e. The van der Waals surface area contributed by atoms with Crippen molar-refractivity contribution in [2.75, 3.05) is 11.0 Å². The molecular formula is C8H9FN2O2S2. The van der Waals surface area contributed by atoms with Crippen LogP contribution < -0.4 is 10.5 Å². The molecular weight excluding hydrogens is 239 g/mol. The molecule has 0 aromatic heterocycles. The van der Waals surface area contributed by atoms with E-state index in [4.69, 9.17) is 5.73 Å². The molecule has 0 amide bonds. The first kappa shape index (κ1) is 11.9. The van der Waals surface area contributed by atoms with Crippen molar-refractivity contribution < 1.29 is 12.8 Å². The second kappa shape index (κ2) is 4.11. The summed E-state index contributed by atoms with van der Waals surface area (Å²) in [7, 11) is -3.48. The largest absolute Gasteiger partial charge is 0.389 e. The zero-order valence-electron chi connectivity index (χ0n) is 7.82. The van der Waals surface area contributed by atoms with Crippen LogP contribution in [0.5, 0.6) is 0 Å². The van der Waals surface area contributed by atoms with Gasteiger partial charge in [-0.2, -0.15) is 0 Å². The van der Waals surface area contributed by atoms with E-state index in [0.29, 0.717) is 0 Å². The zero-order chi connectivity index (χ0) is 11.6. The number of halogens is 1. The smallest absolute Gasteiger partial charge is 0.229 e. The molecule has 0 radical (unpaired) electrons. The molecule has 7 heteroatoms. The quantitative estimate of drug-likeness (QED) is 0.777. The van der Waals surface area contributed by atoms with Crippen LogP contribution in [0.1, 0.15) is 5.56 Å². The summed E-state index contributed by atoms with van der Waals surface area (Å²) in [6.07, 6.45) is 0.960. The molecule has 0 bridgehead atoms. The summed E-state index contributed by atoms with van der Waals surface area (Å²) in [5.41, 5.74) is 5.24. The summed E-state index contributed by atoms with van der Waals surface area (Å²) in [5, 5.41) is 0. The molecule has 0 atom stereocenters. The first-order valence-corrected chi connectivity index (χ1v) is 6.17. The Balaban J connectivity index is 3.30. The van der Waals surface area contributed by atoms with E-state index >= 15 is 0 Å². The monoisotopic (exact) mass is 248 g/mol. The molecule has 0 aliphatic rings. The molecule has 0 spiro atoms. The Morgan fingerprint density at radius 2 is 2.13 bits per heavy atom. The maximum atomic E-state index is 13.3. The Hall–Kier alpha value is -1.21. The number of sulfonamides is 1. The first-order chi connectivity index (χ1) is 6.81. The molecule has 82 valence electrons. The number of nitrogens with one attached hydrogen (secondary N) is 1. The van der Waals surface area contributed by atoms with Crippen LogP contribution in [-0.2, 0) is 10.0 Å². The highest BCUT2D eigenvalue weighted by molar-refractivity contribution is 7.92. The second-order valence-electron chi connectivity index (χ2n) is 2.90.